The maximum Gasteiger partial charge on any atom is 0.124 e. The van der Waals surface area contributed by atoms with Gasteiger partial charge in [0.2, 0.25) is 0 Å². The number of hydrogen-bond acceptors (Lipinski definition) is 3. The molecular formula is C64H43N3S. The van der Waals surface area contributed by atoms with E-state index >= 15 is 0 Å². The van der Waals surface area contributed by atoms with Gasteiger partial charge in [-0.15, -0.1) is 11.3 Å². The quantitative estimate of drug-likeness (QED) is 0.161. The van der Waals surface area contributed by atoms with Crippen molar-refractivity contribution in [2.75, 3.05) is 4.90 Å². The monoisotopic (exact) mass is 885 g/mol. The second-order valence-corrected chi connectivity index (χ2v) is 19.8. The number of nitrogens with zero attached hydrogens (tertiary/aromatic N) is 3. The molecule has 0 bridgehead atoms. The van der Waals surface area contributed by atoms with Gasteiger partial charge in [-0.05, 0) is 138 Å². The van der Waals surface area contributed by atoms with Crippen LogP contribution in [-0.4, -0.2) is 9.55 Å². The first kappa shape index (κ1) is 38.9. The average Bonchev–Trinajstić information content (AvgIpc) is 3.96. The van der Waals surface area contributed by atoms with Crippen LogP contribution in [0.1, 0.15) is 25.0 Å². The molecule has 1 aliphatic rings. The highest BCUT2D eigenvalue weighted by atomic mass is 32.1. The van der Waals surface area contributed by atoms with Gasteiger partial charge in [0.15, 0.2) is 0 Å². The van der Waals surface area contributed by atoms with E-state index in [2.05, 4.69) is 248 Å². The van der Waals surface area contributed by atoms with Crippen molar-refractivity contribution in [3.8, 4) is 38.5 Å². The fourth-order valence-electron chi connectivity index (χ4n) is 11.2. The molecule has 1 aliphatic heterocycles. The van der Waals surface area contributed by atoms with Gasteiger partial charge in [0.25, 0.3) is 0 Å². The number of hydrogen-bond donors (Lipinski definition) is 0. The van der Waals surface area contributed by atoms with E-state index < -0.39 is 0 Å². The number of anilines is 3. The summed E-state index contributed by atoms with van der Waals surface area (Å²) in [6, 6.07) is 82.7. The van der Waals surface area contributed by atoms with Crippen molar-refractivity contribution >= 4 is 92.7 Å². The second-order valence-electron chi connectivity index (χ2n) is 18.7. The summed E-state index contributed by atoms with van der Waals surface area (Å²) in [4.78, 5) is 7.65. The van der Waals surface area contributed by atoms with E-state index in [4.69, 9.17) is 4.98 Å². The molecule has 0 spiro atoms. The fourth-order valence-corrected chi connectivity index (χ4v) is 12.2. The third-order valence-corrected chi connectivity index (χ3v) is 15.6. The summed E-state index contributed by atoms with van der Waals surface area (Å²) in [7, 11) is 0. The van der Waals surface area contributed by atoms with Crippen LogP contribution in [0.3, 0.4) is 0 Å². The highest BCUT2D eigenvalue weighted by molar-refractivity contribution is 7.21. The van der Waals surface area contributed by atoms with Crippen LogP contribution in [0.15, 0.2) is 224 Å². The zero-order valence-corrected chi connectivity index (χ0v) is 38.4. The van der Waals surface area contributed by atoms with Crippen LogP contribution >= 0.6 is 11.3 Å². The molecule has 320 valence electrons. The van der Waals surface area contributed by atoms with Crippen LogP contribution in [0, 0.1) is 0 Å². The predicted octanol–water partition coefficient (Wildman–Crippen LogP) is 18.0. The molecule has 0 unspecified atom stereocenters. The Balaban J connectivity index is 0.923. The van der Waals surface area contributed by atoms with Crippen molar-refractivity contribution in [2.24, 2.45) is 0 Å². The maximum atomic E-state index is 5.22. The molecule has 68 heavy (non-hydrogen) atoms. The molecule has 0 atom stereocenters. The first-order valence-electron chi connectivity index (χ1n) is 23.4. The van der Waals surface area contributed by atoms with Crippen molar-refractivity contribution in [3.05, 3.63) is 236 Å². The van der Waals surface area contributed by atoms with Gasteiger partial charge in [-0.3, -0.25) is 0 Å². The van der Waals surface area contributed by atoms with Gasteiger partial charge in [0, 0.05) is 33.1 Å². The molecule has 0 aliphatic carbocycles. The Kier molecular flexibility index (Phi) is 8.50. The standard InChI is InChI=1S/C64H43N3S/c1-64(2)55-23-13-14-24-59(55)67(45-17-7-4-8-18-45)60-34-29-44(37-56(60)64)43-28-33-58-53(36-43)54-38-62-57(65-63(68-62)41-15-5-3-6-16-41)39-61(54)66(58)46-30-25-40(26-31-46)42-27-32-51-49-21-10-9-19-47(49)48-20-11-12-22-50(48)52(51)35-42/h3-39H,1-2H3. The predicted molar refractivity (Wildman–Crippen MR) is 290 cm³/mol. The normalized spacial score (nSPS) is 13.2. The van der Waals surface area contributed by atoms with E-state index in [0.717, 1.165) is 33.0 Å². The van der Waals surface area contributed by atoms with Crippen molar-refractivity contribution < 1.29 is 0 Å². The highest BCUT2D eigenvalue weighted by Crippen LogP contribution is 2.53. The minimum absolute atomic E-state index is 0.206. The molecular weight excluding hydrogens is 843 g/mol. The number of benzene rings is 11. The summed E-state index contributed by atoms with van der Waals surface area (Å²) >= 11 is 1.76. The van der Waals surface area contributed by atoms with Crippen molar-refractivity contribution in [3.63, 3.8) is 0 Å². The Bertz CT molecular complexity index is 4130. The summed E-state index contributed by atoms with van der Waals surface area (Å²) < 4.78 is 3.62. The van der Waals surface area contributed by atoms with Crippen LogP contribution in [0.4, 0.5) is 17.1 Å². The Hall–Kier alpha value is -8.31. The third-order valence-electron chi connectivity index (χ3n) is 14.6. The zero-order valence-electron chi connectivity index (χ0n) is 37.6. The molecule has 0 radical (unpaired) electrons. The lowest BCUT2D eigenvalue weighted by molar-refractivity contribution is 0.632. The Morgan fingerprint density at radius 2 is 0.912 bits per heavy atom. The van der Waals surface area contributed by atoms with Crippen LogP contribution in [-0.2, 0) is 5.41 Å². The summed E-state index contributed by atoms with van der Waals surface area (Å²) in [6.07, 6.45) is 0. The second kappa shape index (κ2) is 14.8. The van der Waals surface area contributed by atoms with Gasteiger partial charge in [0.1, 0.15) is 5.01 Å². The Morgan fingerprint density at radius 3 is 1.66 bits per heavy atom. The van der Waals surface area contributed by atoms with Crippen molar-refractivity contribution in [2.45, 2.75) is 19.3 Å². The summed E-state index contributed by atoms with van der Waals surface area (Å²) in [6.45, 7) is 4.74. The fraction of sp³-hybridized carbons (Fsp3) is 0.0469. The van der Waals surface area contributed by atoms with Gasteiger partial charge >= 0.3 is 0 Å². The lowest BCUT2D eigenvalue weighted by atomic mass is 9.73. The van der Waals surface area contributed by atoms with Crippen LogP contribution in [0.25, 0.3) is 103 Å². The van der Waals surface area contributed by atoms with Gasteiger partial charge in [-0.1, -0.05) is 166 Å². The first-order chi connectivity index (χ1) is 33.5. The molecule has 0 fully saturated rings. The molecule has 2 aromatic heterocycles. The summed E-state index contributed by atoms with van der Waals surface area (Å²) in [5.74, 6) is 0. The van der Waals surface area contributed by atoms with E-state index in [9.17, 15) is 0 Å². The van der Waals surface area contributed by atoms with E-state index in [0.29, 0.717) is 0 Å². The Morgan fingerprint density at radius 1 is 0.368 bits per heavy atom. The number of aromatic nitrogens is 2. The molecule has 4 heteroatoms. The smallest absolute Gasteiger partial charge is 0.124 e. The largest absolute Gasteiger partial charge is 0.310 e. The molecule has 3 heterocycles. The number of rotatable bonds is 5. The number of fused-ring (bicyclic) bond motifs is 12. The minimum atomic E-state index is -0.206. The van der Waals surface area contributed by atoms with Crippen LogP contribution in [0.5, 0.6) is 0 Å². The third kappa shape index (κ3) is 5.87. The SMILES string of the molecule is CC1(C)c2ccccc2N(c2ccccc2)c2ccc(-c3ccc4c(c3)c3cc5sc(-c6ccccc6)nc5cc3n4-c3ccc(-c4ccc5c6ccccc6c6ccccc6c5c4)cc3)cc21. The molecule has 0 saturated heterocycles. The van der Waals surface area contributed by atoms with Gasteiger partial charge in [-0.25, -0.2) is 4.98 Å². The average molecular weight is 886 g/mol. The molecule has 11 aromatic carbocycles. The van der Waals surface area contributed by atoms with E-state index in [-0.39, 0.29) is 5.41 Å². The molecule has 0 N–H and O–H groups in total. The van der Waals surface area contributed by atoms with E-state index in [1.54, 1.807) is 11.3 Å². The maximum absolute atomic E-state index is 5.22. The highest BCUT2D eigenvalue weighted by Gasteiger charge is 2.37. The number of para-hydroxylation sites is 2. The summed E-state index contributed by atoms with van der Waals surface area (Å²) in [5, 5.41) is 11.2. The van der Waals surface area contributed by atoms with Crippen LogP contribution < -0.4 is 4.90 Å². The van der Waals surface area contributed by atoms with E-state index in [1.165, 1.54) is 98.1 Å². The van der Waals surface area contributed by atoms with Crippen molar-refractivity contribution in [1.82, 2.24) is 9.55 Å². The topological polar surface area (TPSA) is 21.1 Å². The molecule has 3 nitrogen and oxygen atoms in total. The molecule has 0 saturated carbocycles. The van der Waals surface area contributed by atoms with Gasteiger partial charge in [0.05, 0.1) is 32.6 Å². The zero-order chi connectivity index (χ0) is 45.1. The lowest BCUT2D eigenvalue weighted by Crippen LogP contribution is -2.30. The lowest BCUT2D eigenvalue weighted by Gasteiger charge is -2.42. The van der Waals surface area contributed by atoms with Crippen LogP contribution in [0.2, 0.25) is 0 Å². The minimum Gasteiger partial charge on any atom is -0.310 e. The van der Waals surface area contributed by atoms with Gasteiger partial charge in [-0.2, -0.15) is 0 Å². The van der Waals surface area contributed by atoms with E-state index in [1.807, 2.05) is 0 Å². The van der Waals surface area contributed by atoms with Gasteiger partial charge < -0.3 is 9.47 Å². The molecule has 13 aromatic rings. The molecule has 14 rings (SSSR count). The summed E-state index contributed by atoms with van der Waals surface area (Å²) in [5.41, 5.74) is 16.4. The van der Waals surface area contributed by atoms with Crippen molar-refractivity contribution in [1.29, 1.82) is 0 Å². The number of thiazole rings is 1. The first-order valence-corrected chi connectivity index (χ1v) is 24.3. The molecule has 0 amide bonds. The Labute approximate surface area is 398 Å².